The Hall–Kier alpha value is -2.21. The van der Waals surface area contributed by atoms with E-state index < -0.39 is 0 Å². The van der Waals surface area contributed by atoms with Crippen LogP contribution in [0.3, 0.4) is 0 Å². The van der Waals surface area contributed by atoms with Gasteiger partial charge >= 0.3 is 0 Å². The van der Waals surface area contributed by atoms with Crippen LogP contribution in [0, 0.1) is 6.92 Å². The molecule has 0 fully saturated rings. The normalized spacial score (nSPS) is 11.0. The molecule has 6 heteroatoms. The first-order valence-corrected chi connectivity index (χ1v) is 7.18. The number of aryl methyl sites for hydroxylation is 1. The summed E-state index contributed by atoms with van der Waals surface area (Å²) >= 11 is 3.33. The third-order valence-electron chi connectivity index (χ3n) is 3.19. The molecule has 3 aromatic rings. The maximum absolute atomic E-state index is 12.3. The minimum absolute atomic E-state index is 0.00993. The summed E-state index contributed by atoms with van der Waals surface area (Å²) in [5.74, 6) is -0.112. The van der Waals surface area contributed by atoms with Gasteiger partial charge in [0.1, 0.15) is 5.52 Å². The number of halogens is 1. The van der Waals surface area contributed by atoms with E-state index in [4.69, 9.17) is 0 Å². The summed E-state index contributed by atoms with van der Waals surface area (Å²) in [5, 5.41) is 4.18. The number of nitrogens with zero attached hydrogens (tertiary/aromatic N) is 3. The number of hydrogen-bond acceptors (Lipinski definition) is 3. The van der Waals surface area contributed by atoms with Gasteiger partial charge in [-0.05, 0) is 25.1 Å². The fourth-order valence-electron chi connectivity index (χ4n) is 2.18. The average molecular weight is 346 g/mol. The van der Waals surface area contributed by atoms with E-state index in [1.807, 2.05) is 13.0 Å². The van der Waals surface area contributed by atoms with Crippen molar-refractivity contribution in [1.82, 2.24) is 14.2 Å². The fourth-order valence-corrected chi connectivity index (χ4v) is 2.58. The highest BCUT2D eigenvalue weighted by molar-refractivity contribution is 9.10. The van der Waals surface area contributed by atoms with Crippen molar-refractivity contribution < 1.29 is 4.79 Å². The molecule has 0 spiro atoms. The molecular weight excluding hydrogens is 334 g/mol. The molecule has 0 N–H and O–H groups in total. The van der Waals surface area contributed by atoms with E-state index in [0.717, 1.165) is 10.2 Å². The molecule has 106 valence electrons. The number of fused-ring (bicyclic) bond motifs is 1. The third kappa shape index (κ3) is 2.67. The van der Waals surface area contributed by atoms with Crippen molar-refractivity contribution in [3.8, 4) is 0 Å². The third-order valence-corrected chi connectivity index (χ3v) is 3.68. The Morgan fingerprint density at radius 2 is 2.10 bits per heavy atom. The molecular formula is C15H12BrN3O2. The standard InChI is InChI=1S/C15H12BrN3O2/c1-10-7-13-15(21)18(5-6-19(13)17-10)9-14(20)11-3-2-4-12(16)8-11/h2-8H,9H2,1H3. The van der Waals surface area contributed by atoms with Gasteiger partial charge in [0.15, 0.2) is 5.78 Å². The number of ketones is 1. The van der Waals surface area contributed by atoms with Gasteiger partial charge in [0.05, 0.1) is 12.2 Å². The Bertz CT molecular complexity index is 895. The van der Waals surface area contributed by atoms with Crippen molar-refractivity contribution in [1.29, 1.82) is 0 Å². The van der Waals surface area contributed by atoms with E-state index in [9.17, 15) is 9.59 Å². The van der Waals surface area contributed by atoms with Gasteiger partial charge in [0, 0.05) is 22.4 Å². The number of carbonyl (C=O) groups excluding carboxylic acids is 1. The van der Waals surface area contributed by atoms with Gasteiger partial charge in [0.25, 0.3) is 5.56 Å². The van der Waals surface area contributed by atoms with Crippen LogP contribution in [0.1, 0.15) is 16.1 Å². The second-order valence-corrected chi connectivity index (χ2v) is 5.70. The molecule has 21 heavy (non-hydrogen) atoms. The summed E-state index contributed by atoms with van der Waals surface area (Å²) in [5.41, 5.74) is 1.59. The van der Waals surface area contributed by atoms with Gasteiger partial charge in [-0.2, -0.15) is 5.10 Å². The minimum Gasteiger partial charge on any atom is -0.304 e. The van der Waals surface area contributed by atoms with E-state index >= 15 is 0 Å². The molecule has 0 aliphatic carbocycles. The zero-order valence-corrected chi connectivity index (χ0v) is 12.9. The van der Waals surface area contributed by atoms with Gasteiger partial charge in [-0.15, -0.1) is 0 Å². The molecule has 0 aliphatic heterocycles. The van der Waals surface area contributed by atoms with E-state index in [-0.39, 0.29) is 17.9 Å². The lowest BCUT2D eigenvalue weighted by Crippen LogP contribution is -2.25. The van der Waals surface area contributed by atoms with Gasteiger partial charge < -0.3 is 4.57 Å². The molecule has 2 heterocycles. The minimum atomic E-state index is -0.221. The maximum atomic E-state index is 12.3. The van der Waals surface area contributed by atoms with Gasteiger partial charge in [-0.3, -0.25) is 9.59 Å². The molecule has 3 rings (SSSR count). The molecule has 5 nitrogen and oxygen atoms in total. The van der Waals surface area contributed by atoms with Crippen molar-refractivity contribution in [2.24, 2.45) is 0 Å². The molecule has 0 atom stereocenters. The Kier molecular flexibility index (Phi) is 3.47. The number of hydrogen-bond donors (Lipinski definition) is 0. The van der Waals surface area contributed by atoms with Crippen molar-refractivity contribution >= 4 is 27.2 Å². The first kappa shape index (κ1) is 13.8. The van der Waals surface area contributed by atoms with Gasteiger partial charge in [-0.25, -0.2) is 4.52 Å². The molecule has 0 amide bonds. The molecule has 0 saturated heterocycles. The highest BCUT2D eigenvalue weighted by atomic mass is 79.9. The van der Waals surface area contributed by atoms with E-state index in [2.05, 4.69) is 21.0 Å². The lowest BCUT2D eigenvalue weighted by atomic mass is 10.1. The van der Waals surface area contributed by atoms with Crippen molar-refractivity contribution in [2.75, 3.05) is 0 Å². The van der Waals surface area contributed by atoms with Crippen LogP contribution in [-0.4, -0.2) is 20.0 Å². The second kappa shape index (κ2) is 5.29. The predicted molar refractivity (Wildman–Crippen MR) is 82.7 cm³/mol. The summed E-state index contributed by atoms with van der Waals surface area (Å²) in [4.78, 5) is 24.6. The Labute approximate surface area is 129 Å². The first-order chi connectivity index (χ1) is 10.0. The van der Waals surface area contributed by atoms with Crippen molar-refractivity contribution in [2.45, 2.75) is 13.5 Å². The van der Waals surface area contributed by atoms with Crippen LogP contribution in [0.2, 0.25) is 0 Å². The lowest BCUT2D eigenvalue weighted by Gasteiger charge is -2.06. The van der Waals surface area contributed by atoms with Crippen LogP contribution in [0.25, 0.3) is 5.52 Å². The number of benzene rings is 1. The zero-order chi connectivity index (χ0) is 15.0. The molecule has 0 unspecified atom stereocenters. The molecule has 0 aliphatic rings. The lowest BCUT2D eigenvalue weighted by molar-refractivity contribution is 0.0971. The zero-order valence-electron chi connectivity index (χ0n) is 11.3. The molecule has 2 aromatic heterocycles. The molecule has 0 bridgehead atoms. The summed E-state index contributed by atoms with van der Waals surface area (Å²) in [6.07, 6.45) is 3.26. The smallest absolute Gasteiger partial charge is 0.276 e. The quantitative estimate of drug-likeness (QED) is 0.685. The first-order valence-electron chi connectivity index (χ1n) is 6.39. The Morgan fingerprint density at radius 1 is 1.29 bits per heavy atom. The highest BCUT2D eigenvalue weighted by Crippen LogP contribution is 2.12. The highest BCUT2D eigenvalue weighted by Gasteiger charge is 2.11. The maximum Gasteiger partial charge on any atom is 0.276 e. The fraction of sp³-hybridized carbons (Fsp3) is 0.133. The molecule has 0 radical (unpaired) electrons. The summed E-state index contributed by atoms with van der Waals surface area (Å²) < 4.78 is 3.76. The molecule has 1 aromatic carbocycles. The number of aromatic nitrogens is 3. The summed E-state index contributed by atoms with van der Waals surface area (Å²) in [7, 11) is 0. The van der Waals surface area contributed by atoms with Crippen LogP contribution in [0.4, 0.5) is 0 Å². The van der Waals surface area contributed by atoms with E-state index in [0.29, 0.717) is 11.1 Å². The summed E-state index contributed by atoms with van der Waals surface area (Å²) in [6.45, 7) is 1.83. The van der Waals surface area contributed by atoms with Crippen molar-refractivity contribution in [3.63, 3.8) is 0 Å². The largest absolute Gasteiger partial charge is 0.304 e. The van der Waals surface area contributed by atoms with E-state index in [1.54, 1.807) is 36.7 Å². The Balaban J connectivity index is 1.96. The van der Waals surface area contributed by atoms with E-state index in [1.165, 1.54) is 9.08 Å². The van der Waals surface area contributed by atoms with Crippen LogP contribution in [0.5, 0.6) is 0 Å². The molecule has 0 saturated carbocycles. The van der Waals surface area contributed by atoms with Gasteiger partial charge in [-0.1, -0.05) is 28.1 Å². The summed E-state index contributed by atoms with van der Waals surface area (Å²) in [6, 6.07) is 8.84. The number of rotatable bonds is 3. The van der Waals surface area contributed by atoms with Crippen LogP contribution >= 0.6 is 15.9 Å². The number of carbonyl (C=O) groups is 1. The second-order valence-electron chi connectivity index (χ2n) is 4.78. The van der Waals surface area contributed by atoms with Crippen LogP contribution in [0.15, 0.2) is 52.0 Å². The Morgan fingerprint density at radius 3 is 2.86 bits per heavy atom. The SMILES string of the molecule is Cc1cc2c(=O)n(CC(=O)c3cccc(Br)c3)ccn2n1. The number of Topliss-reactive ketones (excluding diaryl/α,β-unsaturated/α-hetero) is 1. The average Bonchev–Trinajstić information content (AvgIpc) is 2.83. The monoisotopic (exact) mass is 345 g/mol. The predicted octanol–water partition coefficient (Wildman–Crippen LogP) is 2.45. The van der Waals surface area contributed by atoms with Crippen LogP contribution in [-0.2, 0) is 6.54 Å². The van der Waals surface area contributed by atoms with Gasteiger partial charge in [0.2, 0.25) is 0 Å². The topological polar surface area (TPSA) is 56.4 Å². The van der Waals surface area contributed by atoms with Crippen LogP contribution < -0.4 is 5.56 Å². The van der Waals surface area contributed by atoms with Crippen molar-refractivity contribution in [3.05, 3.63) is 68.8 Å².